The largest absolute Gasteiger partial charge is 0.396 e. The van der Waals surface area contributed by atoms with Gasteiger partial charge in [-0.25, -0.2) is 0 Å². The fourth-order valence-electron chi connectivity index (χ4n) is 4.22. The van der Waals surface area contributed by atoms with Gasteiger partial charge in [0, 0.05) is 6.61 Å². The average Bonchev–Trinajstić information content (AvgIpc) is 2.48. The van der Waals surface area contributed by atoms with E-state index in [4.69, 9.17) is 0 Å². The molecule has 17 heavy (non-hydrogen) atoms. The lowest BCUT2D eigenvalue weighted by Gasteiger charge is -2.38. The Morgan fingerprint density at radius 3 is 2.53 bits per heavy atom. The van der Waals surface area contributed by atoms with Crippen molar-refractivity contribution in [2.75, 3.05) is 13.2 Å². The number of hydrogen-bond acceptors (Lipinski definition) is 2. The number of hydrogen-bond donors (Lipinski definition) is 2. The van der Waals surface area contributed by atoms with Crippen LogP contribution in [0.1, 0.15) is 46.5 Å². The molecule has 3 atom stereocenters. The molecular weight excluding hydrogens is 212 g/mol. The summed E-state index contributed by atoms with van der Waals surface area (Å²) in [5, 5.41) is 18.9. The summed E-state index contributed by atoms with van der Waals surface area (Å²) in [5.74, 6) is 1.02. The Morgan fingerprint density at radius 2 is 1.94 bits per heavy atom. The van der Waals surface area contributed by atoms with Gasteiger partial charge in [0.15, 0.2) is 0 Å². The predicted molar refractivity (Wildman–Crippen MR) is 69.6 cm³/mol. The first kappa shape index (κ1) is 13.1. The highest BCUT2D eigenvalue weighted by Gasteiger charge is 2.51. The third-order valence-corrected chi connectivity index (χ3v) is 5.40. The minimum absolute atomic E-state index is 0.121. The third kappa shape index (κ3) is 1.96. The van der Waals surface area contributed by atoms with E-state index in [0.717, 1.165) is 12.8 Å². The topological polar surface area (TPSA) is 40.5 Å². The fourth-order valence-corrected chi connectivity index (χ4v) is 4.22. The maximum absolute atomic E-state index is 9.60. The summed E-state index contributed by atoms with van der Waals surface area (Å²) in [7, 11) is 0. The van der Waals surface area contributed by atoms with Crippen molar-refractivity contribution >= 4 is 0 Å². The number of aliphatic hydroxyl groups is 2. The third-order valence-electron chi connectivity index (χ3n) is 5.40. The zero-order valence-corrected chi connectivity index (χ0v) is 11.4. The van der Waals surface area contributed by atoms with Crippen LogP contribution in [0.4, 0.5) is 0 Å². The van der Waals surface area contributed by atoms with Crippen molar-refractivity contribution < 1.29 is 10.2 Å². The van der Waals surface area contributed by atoms with Crippen LogP contribution < -0.4 is 0 Å². The lowest BCUT2D eigenvalue weighted by molar-refractivity contribution is 0.106. The smallest absolute Gasteiger partial charge is 0.0647 e. The van der Waals surface area contributed by atoms with Crippen LogP contribution in [0.3, 0.4) is 0 Å². The van der Waals surface area contributed by atoms with Gasteiger partial charge in [-0.2, -0.15) is 0 Å². The zero-order valence-electron chi connectivity index (χ0n) is 11.4. The van der Waals surface area contributed by atoms with E-state index in [2.05, 4.69) is 26.8 Å². The highest BCUT2D eigenvalue weighted by Crippen LogP contribution is 2.59. The predicted octanol–water partition coefficient (Wildman–Crippen LogP) is 2.75. The lowest BCUT2D eigenvalue weighted by Crippen LogP contribution is -2.33. The van der Waals surface area contributed by atoms with E-state index in [9.17, 15) is 10.2 Å². The number of fused-ring (bicyclic) bond motifs is 2. The van der Waals surface area contributed by atoms with Crippen molar-refractivity contribution in [3.05, 3.63) is 11.6 Å². The molecule has 0 spiro atoms. The molecule has 98 valence electrons. The molecule has 0 aromatic heterocycles. The molecular formula is C15H26O2. The molecule has 0 saturated heterocycles. The summed E-state index contributed by atoms with van der Waals surface area (Å²) in [6.07, 6.45) is 6.83. The van der Waals surface area contributed by atoms with Crippen LogP contribution in [0.5, 0.6) is 0 Å². The first-order valence-electron chi connectivity index (χ1n) is 6.88. The Hall–Kier alpha value is -0.340. The molecule has 2 heteroatoms. The van der Waals surface area contributed by atoms with E-state index in [-0.39, 0.29) is 18.6 Å². The highest BCUT2D eigenvalue weighted by molar-refractivity contribution is 5.27. The summed E-state index contributed by atoms with van der Waals surface area (Å²) in [6.45, 7) is 7.41. The van der Waals surface area contributed by atoms with Crippen molar-refractivity contribution in [2.45, 2.75) is 46.5 Å². The van der Waals surface area contributed by atoms with E-state index >= 15 is 0 Å². The van der Waals surface area contributed by atoms with Gasteiger partial charge in [0.1, 0.15) is 0 Å². The Balaban J connectivity index is 2.40. The normalized spacial score (nSPS) is 39.9. The van der Waals surface area contributed by atoms with Gasteiger partial charge in [0.2, 0.25) is 0 Å². The van der Waals surface area contributed by atoms with Crippen LogP contribution in [0.15, 0.2) is 11.6 Å². The van der Waals surface area contributed by atoms with Gasteiger partial charge in [-0.05, 0) is 47.5 Å². The summed E-state index contributed by atoms with van der Waals surface area (Å²) in [5.41, 5.74) is 1.64. The first-order chi connectivity index (χ1) is 7.95. The molecule has 0 heterocycles. The minimum Gasteiger partial charge on any atom is -0.396 e. The van der Waals surface area contributed by atoms with Crippen molar-refractivity contribution in [1.29, 1.82) is 0 Å². The van der Waals surface area contributed by atoms with Crippen LogP contribution in [-0.4, -0.2) is 23.4 Å². The lowest BCUT2D eigenvalue weighted by atomic mass is 9.66. The van der Waals surface area contributed by atoms with Gasteiger partial charge >= 0.3 is 0 Å². The molecule has 2 nitrogen and oxygen atoms in total. The van der Waals surface area contributed by atoms with E-state index in [1.165, 1.54) is 18.4 Å². The maximum Gasteiger partial charge on any atom is 0.0647 e. The van der Waals surface area contributed by atoms with Gasteiger partial charge in [0.25, 0.3) is 0 Å². The van der Waals surface area contributed by atoms with Crippen molar-refractivity contribution in [1.82, 2.24) is 0 Å². The molecule has 0 unspecified atom stereocenters. The Labute approximate surface area is 105 Å². The second kappa shape index (κ2) is 4.40. The Morgan fingerprint density at radius 1 is 1.24 bits per heavy atom. The molecule has 0 aliphatic heterocycles. The molecule has 0 amide bonds. The van der Waals surface area contributed by atoms with E-state index in [1.807, 2.05) is 0 Å². The molecule has 2 bridgehead atoms. The number of allylic oxidation sites excluding steroid dienone is 1. The zero-order chi connectivity index (χ0) is 12.7. The van der Waals surface area contributed by atoms with Crippen LogP contribution >= 0.6 is 0 Å². The molecule has 0 aromatic rings. The van der Waals surface area contributed by atoms with Gasteiger partial charge in [-0.15, -0.1) is 0 Å². The molecule has 2 aliphatic rings. The van der Waals surface area contributed by atoms with Crippen molar-refractivity contribution in [2.24, 2.45) is 22.7 Å². The molecule has 0 radical (unpaired) electrons. The Kier molecular flexibility index (Phi) is 3.39. The summed E-state index contributed by atoms with van der Waals surface area (Å²) in [4.78, 5) is 0. The van der Waals surface area contributed by atoms with Crippen molar-refractivity contribution in [3.8, 4) is 0 Å². The Bertz CT molecular complexity index is 319. The summed E-state index contributed by atoms with van der Waals surface area (Å²) < 4.78 is 0. The summed E-state index contributed by atoms with van der Waals surface area (Å²) >= 11 is 0. The fraction of sp³-hybridized carbons (Fsp3) is 0.867. The maximum atomic E-state index is 9.60. The molecule has 2 rings (SSSR count). The van der Waals surface area contributed by atoms with E-state index < -0.39 is 0 Å². The standard InChI is InChI=1S/C15H26O2/c1-14(2)6-4-7-15(3)11(10-17)9-13(14)12(15)5-8-16/h9,12-13,16-17H,4-8,10H2,1-3H3/t12-,13+,15-/m1/s1. The molecule has 2 aliphatic carbocycles. The molecule has 1 saturated carbocycles. The number of aliphatic hydroxyl groups excluding tert-OH is 2. The van der Waals surface area contributed by atoms with E-state index in [1.54, 1.807) is 0 Å². The van der Waals surface area contributed by atoms with Gasteiger partial charge < -0.3 is 10.2 Å². The second-order valence-corrected chi connectivity index (χ2v) is 6.75. The average molecular weight is 238 g/mol. The van der Waals surface area contributed by atoms with Gasteiger partial charge in [-0.3, -0.25) is 0 Å². The van der Waals surface area contributed by atoms with Crippen LogP contribution in [0, 0.1) is 22.7 Å². The van der Waals surface area contributed by atoms with Gasteiger partial charge in [0.05, 0.1) is 6.61 Å². The number of rotatable bonds is 3. The quantitative estimate of drug-likeness (QED) is 0.742. The van der Waals surface area contributed by atoms with E-state index in [0.29, 0.717) is 17.3 Å². The van der Waals surface area contributed by atoms with Crippen LogP contribution in [0.25, 0.3) is 0 Å². The SMILES string of the molecule is CC1(C)CCC[C@]2(C)C(CO)=C[C@H]1[C@H]2CCO. The minimum atomic E-state index is 0.121. The molecule has 2 N–H and O–H groups in total. The summed E-state index contributed by atoms with van der Waals surface area (Å²) in [6, 6.07) is 0. The molecule has 0 aromatic carbocycles. The highest BCUT2D eigenvalue weighted by atomic mass is 16.3. The van der Waals surface area contributed by atoms with Crippen LogP contribution in [0.2, 0.25) is 0 Å². The molecule has 1 fully saturated rings. The first-order valence-corrected chi connectivity index (χ1v) is 6.88. The monoisotopic (exact) mass is 238 g/mol. The van der Waals surface area contributed by atoms with Crippen LogP contribution in [-0.2, 0) is 0 Å². The van der Waals surface area contributed by atoms with Gasteiger partial charge in [-0.1, -0.05) is 33.3 Å². The second-order valence-electron chi connectivity index (χ2n) is 6.75. The van der Waals surface area contributed by atoms with Crippen molar-refractivity contribution in [3.63, 3.8) is 0 Å².